The molecule has 0 fully saturated rings. The van der Waals surface area contributed by atoms with E-state index in [0.717, 1.165) is 16.7 Å². The maximum Gasteiger partial charge on any atom is 0.326 e. The van der Waals surface area contributed by atoms with Crippen LogP contribution < -0.4 is 9.47 Å². The van der Waals surface area contributed by atoms with Crippen LogP contribution in [-0.2, 0) is 29.2 Å². The minimum atomic E-state index is -1.10. The van der Waals surface area contributed by atoms with Gasteiger partial charge in [-0.15, -0.1) is 0 Å². The Hall–Kier alpha value is -4.00. The van der Waals surface area contributed by atoms with Gasteiger partial charge in [-0.2, -0.15) is 0 Å². The number of carbonyl (C=O) groups is 2. The molecule has 204 valence electrons. The molecule has 4 aromatic carbocycles. The zero-order valence-electron chi connectivity index (χ0n) is 21.7. The fourth-order valence-corrected chi connectivity index (χ4v) is 5.32. The lowest BCUT2D eigenvalue weighted by atomic mass is 9.86. The number of amides is 1. The van der Waals surface area contributed by atoms with Gasteiger partial charge in [0.05, 0.1) is 13.0 Å². The maximum atomic E-state index is 14.3. The van der Waals surface area contributed by atoms with Gasteiger partial charge < -0.3 is 19.5 Å². The van der Waals surface area contributed by atoms with Crippen molar-refractivity contribution in [2.45, 2.75) is 31.5 Å². The summed E-state index contributed by atoms with van der Waals surface area (Å²) in [6.07, 6.45) is 0.0751. The number of fused-ring (bicyclic) bond motifs is 1. The molecule has 0 aromatic heterocycles. The first-order valence-electron chi connectivity index (χ1n) is 12.8. The smallest absolute Gasteiger partial charge is 0.326 e. The van der Waals surface area contributed by atoms with E-state index in [1.54, 1.807) is 61.7 Å². The monoisotopic (exact) mass is 575 g/mol. The second kappa shape index (κ2) is 12.0. The highest BCUT2D eigenvalue weighted by Gasteiger charge is 2.40. The van der Waals surface area contributed by atoms with E-state index in [9.17, 15) is 14.7 Å². The Kier molecular flexibility index (Phi) is 8.29. The van der Waals surface area contributed by atoms with Gasteiger partial charge in [-0.3, -0.25) is 4.79 Å². The Morgan fingerprint density at radius 3 is 2.05 bits per heavy atom. The number of carbonyl (C=O) groups excluding carboxylic acids is 1. The van der Waals surface area contributed by atoms with Gasteiger partial charge in [0.15, 0.2) is 11.5 Å². The number of halogens is 2. The van der Waals surface area contributed by atoms with Crippen LogP contribution in [0.25, 0.3) is 0 Å². The summed E-state index contributed by atoms with van der Waals surface area (Å²) in [5.41, 5.74) is 3.90. The molecule has 0 spiro atoms. The minimum absolute atomic E-state index is 0.0751. The van der Waals surface area contributed by atoms with Crippen molar-refractivity contribution in [3.05, 3.63) is 129 Å². The molecule has 1 N–H and O–H groups in total. The first kappa shape index (κ1) is 27.6. The average Bonchev–Trinajstić information content (AvgIpc) is 2.97. The van der Waals surface area contributed by atoms with Crippen molar-refractivity contribution in [2.75, 3.05) is 7.11 Å². The molecule has 1 atom stereocenters. The van der Waals surface area contributed by atoms with E-state index in [1.165, 1.54) is 4.90 Å². The number of methoxy groups -OCH3 is 1. The van der Waals surface area contributed by atoms with Crippen LogP contribution in [0.4, 0.5) is 0 Å². The summed E-state index contributed by atoms with van der Waals surface area (Å²) < 4.78 is 11.8. The van der Waals surface area contributed by atoms with Crippen LogP contribution in [-0.4, -0.2) is 35.0 Å². The summed E-state index contributed by atoms with van der Waals surface area (Å²) in [7, 11) is 1.55. The zero-order chi connectivity index (χ0) is 28.2. The first-order chi connectivity index (χ1) is 19.4. The molecule has 1 heterocycles. The summed E-state index contributed by atoms with van der Waals surface area (Å²) >= 11 is 12.2. The van der Waals surface area contributed by atoms with Crippen molar-refractivity contribution in [3.63, 3.8) is 0 Å². The van der Waals surface area contributed by atoms with Gasteiger partial charge in [0.1, 0.15) is 12.6 Å². The van der Waals surface area contributed by atoms with E-state index in [-0.39, 0.29) is 18.9 Å². The molecule has 40 heavy (non-hydrogen) atoms. The predicted molar refractivity (Wildman–Crippen MR) is 154 cm³/mol. The number of rotatable bonds is 8. The van der Waals surface area contributed by atoms with E-state index in [1.807, 2.05) is 36.4 Å². The summed E-state index contributed by atoms with van der Waals surface area (Å²) in [5.74, 6) is -1.16. The fourth-order valence-electron chi connectivity index (χ4n) is 5.07. The molecule has 1 unspecified atom stereocenters. The number of benzene rings is 4. The van der Waals surface area contributed by atoms with Gasteiger partial charge in [-0.05, 0) is 52.6 Å². The Morgan fingerprint density at radius 1 is 0.900 bits per heavy atom. The molecule has 4 aromatic rings. The normalized spacial score (nSPS) is 14.5. The van der Waals surface area contributed by atoms with Gasteiger partial charge in [0.2, 0.25) is 5.91 Å². The first-order valence-corrected chi connectivity index (χ1v) is 13.5. The molecular weight excluding hydrogens is 549 g/mol. The summed E-state index contributed by atoms with van der Waals surface area (Å²) in [6, 6.07) is 26.3. The van der Waals surface area contributed by atoms with Crippen LogP contribution in [0.1, 0.15) is 33.7 Å². The van der Waals surface area contributed by atoms with Crippen molar-refractivity contribution < 1.29 is 24.2 Å². The van der Waals surface area contributed by atoms with Crippen molar-refractivity contribution in [2.24, 2.45) is 0 Å². The van der Waals surface area contributed by atoms with Gasteiger partial charge in [0, 0.05) is 28.6 Å². The van der Waals surface area contributed by atoms with Crippen LogP contribution in [0.5, 0.6) is 11.5 Å². The molecule has 0 aliphatic carbocycles. The lowest BCUT2D eigenvalue weighted by molar-refractivity contribution is -0.151. The quantitative estimate of drug-likeness (QED) is 0.251. The van der Waals surface area contributed by atoms with Crippen LogP contribution in [0.2, 0.25) is 10.0 Å². The van der Waals surface area contributed by atoms with Crippen molar-refractivity contribution in [1.29, 1.82) is 0 Å². The molecule has 8 heteroatoms. The summed E-state index contributed by atoms with van der Waals surface area (Å²) in [4.78, 5) is 28.3. The third kappa shape index (κ3) is 5.79. The Labute approximate surface area is 242 Å². The summed E-state index contributed by atoms with van der Waals surface area (Å²) in [6.45, 7) is 0.401. The third-order valence-electron chi connectivity index (χ3n) is 7.10. The lowest BCUT2D eigenvalue weighted by Gasteiger charge is -2.37. The van der Waals surface area contributed by atoms with E-state index >= 15 is 0 Å². The number of aliphatic carboxylic acids is 1. The predicted octanol–water partition coefficient (Wildman–Crippen LogP) is 6.75. The van der Waals surface area contributed by atoms with Crippen molar-refractivity contribution in [3.8, 4) is 11.5 Å². The molecular formula is C32H27Cl2NO5. The van der Waals surface area contributed by atoms with Gasteiger partial charge >= 0.3 is 5.97 Å². The SMILES string of the molecule is COc1ccc2c(c1OCc1ccccc1)CC(C(=O)O)N(C(=O)C(c1ccc(Cl)cc1)c1ccc(Cl)cc1)C2. The molecule has 0 bridgehead atoms. The summed E-state index contributed by atoms with van der Waals surface area (Å²) in [5, 5.41) is 11.4. The van der Waals surface area contributed by atoms with E-state index < -0.39 is 17.9 Å². The molecule has 1 aliphatic rings. The largest absolute Gasteiger partial charge is 0.493 e. The number of hydrogen-bond acceptors (Lipinski definition) is 4. The molecule has 1 amide bonds. The van der Waals surface area contributed by atoms with Crippen LogP contribution >= 0.6 is 23.2 Å². The Morgan fingerprint density at radius 2 is 1.50 bits per heavy atom. The van der Waals surface area contributed by atoms with E-state index in [4.69, 9.17) is 32.7 Å². The number of ether oxygens (including phenoxy) is 2. The standard InChI is InChI=1S/C32H27Cl2NO5/c1-39-28-16-11-23-18-35(27(32(37)38)17-26(23)30(28)40-19-20-5-3-2-4-6-20)31(36)29(21-7-12-24(33)13-8-21)22-9-14-25(34)15-10-22/h2-16,27,29H,17-19H2,1H3,(H,37,38). The highest BCUT2D eigenvalue weighted by atomic mass is 35.5. The highest BCUT2D eigenvalue weighted by Crippen LogP contribution is 2.40. The number of carboxylic acids is 1. The van der Waals surface area contributed by atoms with Gasteiger partial charge in [0.25, 0.3) is 0 Å². The maximum absolute atomic E-state index is 14.3. The molecule has 1 aliphatic heterocycles. The topological polar surface area (TPSA) is 76.1 Å². The highest BCUT2D eigenvalue weighted by molar-refractivity contribution is 6.30. The second-order valence-corrected chi connectivity index (χ2v) is 10.4. The van der Waals surface area contributed by atoms with E-state index in [0.29, 0.717) is 39.3 Å². The number of nitrogens with zero attached hydrogens (tertiary/aromatic N) is 1. The van der Waals surface area contributed by atoms with Crippen molar-refractivity contribution >= 4 is 35.1 Å². The van der Waals surface area contributed by atoms with Gasteiger partial charge in [-0.1, -0.05) is 83.9 Å². The van der Waals surface area contributed by atoms with Crippen LogP contribution in [0.3, 0.4) is 0 Å². The Bertz CT molecular complexity index is 1460. The third-order valence-corrected chi connectivity index (χ3v) is 7.61. The number of carboxylic acid groups (broad SMARTS) is 1. The number of hydrogen-bond donors (Lipinski definition) is 1. The molecule has 0 saturated carbocycles. The second-order valence-electron chi connectivity index (χ2n) is 9.57. The minimum Gasteiger partial charge on any atom is -0.493 e. The zero-order valence-corrected chi connectivity index (χ0v) is 23.2. The average molecular weight is 576 g/mol. The van der Waals surface area contributed by atoms with Crippen molar-refractivity contribution in [1.82, 2.24) is 4.90 Å². The van der Waals surface area contributed by atoms with Crippen LogP contribution in [0.15, 0.2) is 91.0 Å². The Balaban J connectivity index is 1.53. The fraction of sp³-hybridized carbons (Fsp3) is 0.188. The molecule has 0 saturated heterocycles. The van der Waals surface area contributed by atoms with Gasteiger partial charge in [-0.25, -0.2) is 4.79 Å². The molecule has 0 radical (unpaired) electrons. The van der Waals surface area contributed by atoms with E-state index in [2.05, 4.69) is 0 Å². The molecule has 5 rings (SSSR count). The lowest BCUT2D eigenvalue weighted by Crippen LogP contribution is -2.50. The molecule has 6 nitrogen and oxygen atoms in total. The van der Waals surface area contributed by atoms with Crippen LogP contribution in [0, 0.1) is 0 Å².